The van der Waals surface area contributed by atoms with Gasteiger partial charge in [0.15, 0.2) is 0 Å². The lowest BCUT2D eigenvalue weighted by Gasteiger charge is -2.19. The molecule has 1 aromatic rings. The molecule has 1 fully saturated rings. The summed E-state index contributed by atoms with van der Waals surface area (Å²) >= 11 is 3.81. The zero-order valence-corrected chi connectivity index (χ0v) is 12.0. The summed E-state index contributed by atoms with van der Waals surface area (Å²) in [7, 11) is 0. The standard InChI is InChI=1S/C11H14INO2S/c1-7(9-3-2-4-15-9)13-11(14)8-5-10(12)16-6-8/h5-7,9H,2-4H2,1H3,(H,13,14). The van der Waals surface area contributed by atoms with Gasteiger partial charge in [-0.15, -0.1) is 11.3 Å². The van der Waals surface area contributed by atoms with Crippen molar-refractivity contribution in [2.24, 2.45) is 0 Å². The monoisotopic (exact) mass is 351 g/mol. The van der Waals surface area contributed by atoms with Gasteiger partial charge in [0.1, 0.15) is 0 Å². The number of thiophene rings is 1. The van der Waals surface area contributed by atoms with E-state index in [2.05, 4.69) is 27.9 Å². The molecule has 0 saturated carbocycles. The van der Waals surface area contributed by atoms with Crippen molar-refractivity contribution in [3.63, 3.8) is 0 Å². The number of hydrogen-bond acceptors (Lipinski definition) is 3. The molecule has 2 heterocycles. The van der Waals surface area contributed by atoms with Gasteiger partial charge in [-0.2, -0.15) is 0 Å². The quantitative estimate of drug-likeness (QED) is 0.851. The van der Waals surface area contributed by atoms with Gasteiger partial charge >= 0.3 is 0 Å². The second-order valence-electron chi connectivity index (χ2n) is 3.95. The first kappa shape index (κ1) is 12.3. The Hall–Kier alpha value is -0.140. The average molecular weight is 351 g/mol. The molecule has 5 heteroatoms. The number of amides is 1. The van der Waals surface area contributed by atoms with Crippen LogP contribution < -0.4 is 5.32 Å². The number of halogens is 1. The van der Waals surface area contributed by atoms with E-state index in [1.165, 1.54) is 0 Å². The summed E-state index contributed by atoms with van der Waals surface area (Å²) in [5.74, 6) is 0.00201. The summed E-state index contributed by atoms with van der Waals surface area (Å²) in [6.07, 6.45) is 2.32. The zero-order chi connectivity index (χ0) is 11.5. The van der Waals surface area contributed by atoms with E-state index >= 15 is 0 Å². The van der Waals surface area contributed by atoms with Crippen molar-refractivity contribution in [3.8, 4) is 0 Å². The minimum Gasteiger partial charge on any atom is -0.376 e. The first-order valence-electron chi connectivity index (χ1n) is 5.33. The lowest BCUT2D eigenvalue weighted by Crippen LogP contribution is -2.40. The van der Waals surface area contributed by atoms with E-state index in [0.717, 1.165) is 27.9 Å². The van der Waals surface area contributed by atoms with Crippen molar-refractivity contribution in [1.29, 1.82) is 0 Å². The van der Waals surface area contributed by atoms with Crippen LogP contribution in [0.15, 0.2) is 11.4 Å². The molecule has 1 N–H and O–H groups in total. The highest BCUT2D eigenvalue weighted by Crippen LogP contribution is 2.18. The second kappa shape index (κ2) is 5.46. The van der Waals surface area contributed by atoms with Crippen LogP contribution in [0.2, 0.25) is 0 Å². The van der Waals surface area contributed by atoms with Crippen LogP contribution in [0.1, 0.15) is 30.1 Å². The van der Waals surface area contributed by atoms with Gasteiger partial charge in [0.25, 0.3) is 5.91 Å². The van der Waals surface area contributed by atoms with E-state index in [0.29, 0.717) is 0 Å². The fourth-order valence-corrected chi connectivity index (χ4v) is 3.14. The van der Waals surface area contributed by atoms with Gasteiger partial charge in [0.05, 0.1) is 20.6 Å². The van der Waals surface area contributed by atoms with Crippen LogP contribution in [0.25, 0.3) is 0 Å². The molecule has 16 heavy (non-hydrogen) atoms. The lowest BCUT2D eigenvalue weighted by molar-refractivity contribution is 0.0712. The third-order valence-electron chi connectivity index (χ3n) is 2.71. The number of nitrogens with one attached hydrogen (secondary N) is 1. The first-order valence-corrected chi connectivity index (χ1v) is 7.29. The third-order valence-corrected chi connectivity index (χ3v) is 4.50. The predicted molar refractivity (Wildman–Crippen MR) is 72.9 cm³/mol. The number of carbonyl (C=O) groups is 1. The van der Waals surface area contributed by atoms with E-state index in [1.54, 1.807) is 11.3 Å². The van der Waals surface area contributed by atoms with Crippen LogP contribution in [-0.4, -0.2) is 24.7 Å². The fraction of sp³-hybridized carbons (Fsp3) is 0.545. The van der Waals surface area contributed by atoms with Crippen molar-refractivity contribution < 1.29 is 9.53 Å². The van der Waals surface area contributed by atoms with Gasteiger partial charge in [-0.25, -0.2) is 0 Å². The SMILES string of the molecule is CC(NC(=O)c1csc(I)c1)C1CCCO1. The summed E-state index contributed by atoms with van der Waals surface area (Å²) in [5, 5.41) is 4.88. The van der Waals surface area contributed by atoms with Crippen LogP contribution in [-0.2, 0) is 4.74 Å². The molecule has 1 aromatic heterocycles. The van der Waals surface area contributed by atoms with E-state index in [1.807, 2.05) is 18.4 Å². The topological polar surface area (TPSA) is 38.3 Å². The summed E-state index contributed by atoms with van der Waals surface area (Å²) < 4.78 is 6.68. The number of ether oxygens (including phenoxy) is 1. The molecule has 0 bridgehead atoms. The maximum atomic E-state index is 11.9. The minimum absolute atomic E-state index is 0.00201. The molecule has 0 aromatic carbocycles. The van der Waals surface area contributed by atoms with Crippen LogP contribution >= 0.6 is 33.9 Å². The fourth-order valence-electron chi connectivity index (χ4n) is 1.81. The van der Waals surface area contributed by atoms with Gasteiger partial charge in [0.2, 0.25) is 0 Å². The van der Waals surface area contributed by atoms with Crippen LogP contribution in [0.4, 0.5) is 0 Å². The highest BCUT2D eigenvalue weighted by Gasteiger charge is 2.24. The molecule has 0 radical (unpaired) electrons. The van der Waals surface area contributed by atoms with E-state index < -0.39 is 0 Å². The third kappa shape index (κ3) is 2.95. The summed E-state index contributed by atoms with van der Waals surface area (Å²) in [6, 6.07) is 2.00. The molecule has 2 atom stereocenters. The Kier molecular flexibility index (Phi) is 4.21. The second-order valence-corrected chi connectivity index (χ2v) is 6.76. The van der Waals surface area contributed by atoms with Gasteiger partial charge in [-0.3, -0.25) is 4.79 Å². The molecule has 2 rings (SSSR count). The summed E-state index contributed by atoms with van der Waals surface area (Å²) in [5.41, 5.74) is 0.749. The Morgan fingerprint density at radius 1 is 1.75 bits per heavy atom. The number of rotatable bonds is 3. The molecule has 1 aliphatic rings. The van der Waals surface area contributed by atoms with Crippen LogP contribution in [0.3, 0.4) is 0 Å². The molecule has 1 amide bonds. The van der Waals surface area contributed by atoms with Crippen molar-refractivity contribution in [3.05, 3.63) is 19.9 Å². The van der Waals surface area contributed by atoms with Crippen molar-refractivity contribution in [2.75, 3.05) is 6.61 Å². The average Bonchev–Trinajstić information content (AvgIpc) is 2.87. The predicted octanol–water partition coefficient (Wildman–Crippen LogP) is 2.65. The van der Waals surface area contributed by atoms with Gasteiger partial charge < -0.3 is 10.1 Å². The largest absolute Gasteiger partial charge is 0.376 e. The first-order chi connectivity index (χ1) is 7.66. The van der Waals surface area contributed by atoms with Gasteiger partial charge in [-0.1, -0.05) is 0 Å². The van der Waals surface area contributed by atoms with E-state index in [-0.39, 0.29) is 18.1 Å². The van der Waals surface area contributed by atoms with Gasteiger partial charge in [-0.05, 0) is 48.4 Å². The summed E-state index contributed by atoms with van der Waals surface area (Å²) in [4.78, 5) is 11.9. The van der Waals surface area contributed by atoms with Gasteiger partial charge in [0, 0.05) is 12.0 Å². The lowest BCUT2D eigenvalue weighted by atomic mass is 10.1. The smallest absolute Gasteiger partial charge is 0.252 e. The van der Waals surface area contributed by atoms with Crippen molar-refractivity contribution >= 4 is 39.8 Å². The molecule has 3 nitrogen and oxygen atoms in total. The Morgan fingerprint density at radius 2 is 2.56 bits per heavy atom. The maximum Gasteiger partial charge on any atom is 0.252 e. The summed E-state index contributed by atoms with van der Waals surface area (Å²) in [6.45, 7) is 2.83. The van der Waals surface area contributed by atoms with E-state index in [9.17, 15) is 4.79 Å². The molecule has 1 aliphatic heterocycles. The Bertz CT molecular complexity index is 374. The van der Waals surface area contributed by atoms with E-state index in [4.69, 9.17) is 4.74 Å². The number of hydrogen-bond donors (Lipinski definition) is 1. The Labute approximate surface area is 113 Å². The molecule has 0 aliphatic carbocycles. The normalized spacial score (nSPS) is 22.0. The van der Waals surface area contributed by atoms with Crippen molar-refractivity contribution in [2.45, 2.75) is 31.9 Å². The van der Waals surface area contributed by atoms with Crippen LogP contribution in [0.5, 0.6) is 0 Å². The molecule has 1 saturated heterocycles. The Morgan fingerprint density at radius 3 is 3.12 bits per heavy atom. The molecular weight excluding hydrogens is 337 g/mol. The molecule has 2 unspecified atom stereocenters. The highest BCUT2D eigenvalue weighted by atomic mass is 127. The zero-order valence-electron chi connectivity index (χ0n) is 9.03. The maximum absolute atomic E-state index is 11.9. The Balaban J connectivity index is 1.91. The molecule has 88 valence electrons. The molecular formula is C11H14INO2S. The number of carbonyl (C=O) groups excluding carboxylic acids is 1. The highest BCUT2D eigenvalue weighted by molar-refractivity contribution is 14.1. The molecule has 0 spiro atoms. The minimum atomic E-state index is 0.00201. The van der Waals surface area contributed by atoms with Crippen molar-refractivity contribution in [1.82, 2.24) is 5.32 Å². The van der Waals surface area contributed by atoms with Crippen LogP contribution in [0, 0.1) is 2.88 Å².